The normalized spacial score (nSPS) is 30.1. The summed E-state index contributed by atoms with van der Waals surface area (Å²) in [5.74, 6) is 2.22. The third-order valence-electron chi connectivity index (χ3n) is 8.04. The molecule has 0 radical (unpaired) electrons. The molecule has 0 saturated heterocycles. The van der Waals surface area contributed by atoms with Gasteiger partial charge in [-0.1, -0.05) is 18.5 Å². The molecule has 2 saturated carbocycles. The van der Waals surface area contributed by atoms with E-state index in [2.05, 4.69) is 24.4 Å². The number of hydrogen-bond donors (Lipinski definition) is 1. The molecule has 0 amide bonds. The van der Waals surface area contributed by atoms with E-state index in [9.17, 15) is 4.79 Å². The second kappa shape index (κ2) is 6.58. The number of nitrogens with one attached hydrogen (secondary N) is 1. The van der Waals surface area contributed by atoms with E-state index in [1.54, 1.807) is 0 Å². The van der Waals surface area contributed by atoms with Crippen molar-refractivity contribution in [3.63, 3.8) is 0 Å². The molecule has 0 aliphatic heterocycles. The number of carbonyl (C=O) groups is 1. The van der Waals surface area contributed by atoms with E-state index in [1.807, 2.05) is 24.3 Å². The summed E-state index contributed by atoms with van der Waals surface area (Å²) in [4.78, 5) is 17.3. The van der Waals surface area contributed by atoms with E-state index in [1.165, 1.54) is 17.5 Å². The zero-order valence-electron chi connectivity index (χ0n) is 17.1. The number of aryl methyl sites for hydroxylation is 1. The number of oxazole rings is 1. The van der Waals surface area contributed by atoms with Crippen LogP contribution >= 0.6 is 11.6 Å². The van der Waals surface area contributed by atoms with Crippen molar-refractivity contribution in [2.45, 2.75) is 51.4 Å². The molecule has 1 heterocycles. The molecule has 3 aliphatic carbocycles. The van der Waals surface area contributed by atoms with E-state index in [0.717, 1.165) is 48.9 Å². The fourth-order valence-corrected chi connectivity index (χ4v) is 6.60. The van der Waals surface area contributed by atoms with Crippen LogP contribution in [0.1, 0.15) is 56.1 Å². The number of anilines is 2. The van der Waals surface area contributed by atoms with Gasteiger partial charge >= 0.3 is 0 Å². The zero-order chi connectivity index (χ0) is 20.5. The van der Waals surface area contributed by atoms with Gasteiger partial charge in [-0.25, -0.2) is 0 Å². The van der Waals surface area contributed by atoms with Crippen molar-refractivity contribution < 1.29 is 9.21 Å². The van der Waals surface area contributed by atoms with Crippen LogP contribution in [-0.2, 0) is 11.2 Å². The molecule has 3 aromatic rings. The largest absolute Gasteiger partial charge is 0.423 e. The molecule has 30 heavy (non-hydrogen) atoms. The highest BCUT2D eigenvalue weighted by molar-refractivity contribution is 6.30. The third-order valence-corrected chi connectivity index (χ3v) is 8.29. The van der Waals surface area contributed by atoms with Crippen molar-refractivity contribution in [2.24, 2.45) is 17.3 Å². The highest BCUT2D eigenvalue weighted by Crippen LogP contribution is 2.59. The van der Waals surface area contributed by atoms with Gasteiger partial charge in [0.25, 0.3) is 6.01 Å². The Morgan fingerprint density at radius 2 is 1.97 bits per heavy atom. The van der Waals surface area contributed by atoms with Crippen molar-refractivity contribution in [2.75, 3.05) is 5.32 Å². The molecule has 4 nitrogen and oxygen atoms in total. The van der Waals surface area contributed by atoms with Gasteiger partial charge in [0.05, 0.1) is 0 Å². The lowest BCUT2D eigenvalue weighted by molar-refractivity contribution is -0.129. The Hall–Kier alpha value is -2.33. The molecular formula is C25H25ClN2O2. The van der Waals surface area contributed by atoms with Crippen LogP contribution in [0, 0.1) is 17.3 Å². The standard InChI is InChI=1S/C25H25ClN2O2/c1-25-11-10-17-18(20(25)8-9-23(25)29)7-2-14-12-22-21(13-19(14)17)28-24(30-22)27-16-5-3-15(26)4-6-16/h3-6,12-13,17-18,20H,2,7-11H2,1H3,(H,27,28)/t17-,18+,20-,25-/m0/s1. The summed E-state index contributed by atoms with van der Waals surface area (Å²) in [5, 5.41) is 3.94. The molecule has 4 atom stereocenters. The molecule has 1 N–H and O–H groups in total. The molecular weight excluding hydrogens is 396 g/mol. The first-order valence-corrected chi connectivity index (χ1v) is 11.4. The summed E-state index contributed by atoms with van der Waals surface area (Å²) in [5.41, 5.74) is 5.39. The predicted octanol–water partition coefficient (Wildman–Crippen LogP) is 6.65. The van der Waals surface area contributed by atoms with Crippen LogP contribution in [0.25, 0.3) is 11.1 Å². The van der Waals surface area contributed by atoms with E-state index in [4.69, 9.17) is 21.0 Å². The number of Topliss-reactive ketones (excluding diaryl/α,β-unsaturated/α-hetero) is 1. The molecule has 2 fully saturated rings. The van der Waals surface area contributed by atoms with Crippen LogP contribution in [-0.4, -0.2) is 10.8 Å². The highest BCUT2D eigenvalue weighted by Gasteiger charge is 2.54. The van der Waals surface area contributed by atoms with Crippen LogP contribution < -0.4 is 5.32 Å². The van der Waals surface area contributed by atoms with Crippen molar-refractivity contribution in [1.82, 2.24) is 4.98 Å². The van der Waals surface area contributed by atoms with Gasteiger partial charge in [-0.05, 0) is 97.4 Å². The summed E-state index contributed by atoms with van der Waals surface area (Å²) < 4.78 is 6.00. The number of benzene rings is 2. The molecule has 5 heteroatoms. The minimum atomic E-state index is -0.0771. The van der Waals surface area contributed by atoms with Crippen molar-refractivity contribution >= 4 is 40.2 Å². The number of rotatable bonds is 2. The van der Waals surface area contributed by atoms with Gasteiger partial charge in [-0.2, -0.15) is 4.98 Å². The molecule has 154 valence electrons. The van der Waals surface area contributed by atoms with Gasteiger partial charge in [0.15, 0.2) is 5.58 Å². The first-order valence-electron chi connectivity index (χ1n) is 11.0. The van der Waals surface area contributed by atoms with Crippen molar-refractivity contribution in [1.29, 1.82) is 0 Å². The lowest BCUT2D eigenvalue weighted by Crippen LogP contribution is -2.42. The topological polar surface area (TPSA) is 55.1 Å². The van der Waals surface area contributed by atoms with E-state index in [0.29, 0.717) is 34.6 Å². The predicted molar refractivity (Wildman–Crippen MR) is 118 cm³/mol. The van der Waals surface area contributed by atoms with Crippen molar-refractivity contribution in [3.05, 3.63) is 52.5 Å². The quantitative estimate of drug-likeness (QED) is 0.504. The first-order chi connectivity index (χ1) is 14.5. The van der Waals surface area contributed by atoms with E-state index in [-0.39, 0.29) is 5.41 Å². The van der Waals surface area contributed by atoms with Crippen LogP contribution in [0.3, 0.4) is 0 Å². The molecule has 0 unspecified atom stereocenters. The lowest BCUT2D eigenvalue weighted by Gasteiger charge is -2.48. The number of halogens is 1. The Kier molecular flexibility index (Phi) is 4.05. The minimum absolute atomic E-state index is 0.0771. The fraction of sp³-hybridized carbons (Fsp3) is 0.440. The summed E-state index contributed by atoms with van der Waals surface area (Å²) in [7, 11) is 0. The number of nitrogens with zero attached hydrogens (tertiary/aromatic N) is 1. The average molecular weight is 421 g/mol. The van der Waals surface area contributed by atoms with Crippen molar-refractivity contribution in [3.8, 4) is 0 Å². The Balaban J connectivity index is 1.33. The third kappa shape index (κ3) is 2.73. The van der Waals surface area contributed by atoms with E-state index < -0.39 is 0 Å². The minimum Gasteiger partial charge on any atom is -0.423 e. The van der Waals surface area contributed by atoms with Crippen LogP contribution in [0.15, 0.2) is 40.8 Å². The number of fused-ring (bicyclic) bond motifs is 6. The summed E-state index contributed by atoms with van der Waals surface area (Å²) in [6, 6.07) is 12.4. The maximum atomic E-state index is 12.6. The maximum absolute atomic E-state index is 12.6. The van der Waals surface area contributed by atoms with Gasteiger partial charge in [-0.15, -0.1) is 0 Å². The molecule has 3 aliphatic rings. The number of hydrogen-bond acceptors (Lipinski definition) is 4. The SMILES string of the molecule is C[C@]12CC[C@@H]3c4cc5nc(Nc6ccc(Cl)cc6)oc5cc4CC[C@H]3[C@@H]1CCC2=O. The number of carbonyl (C=O) groups excluding carboxylic acids is 1. The summed E-state index contributed by atoms with van der Waals surface area (Å²) in [6.07, 6.45) is 6.23. The first kappa shape index (κ1) is 18.4. The summed E-state index contributed by atoms with van der Waals surface area (Å²) in [6.45, 7) is 2.23. The van der Waals surface area contributed by atoms with E-state index >= 15 is 0 Å². The highest BCUT2D eigenvalue weighted by atomic mass is 35.5. The number of aromatic nitrogens is 1. The lowest BCUT2D eigenvalue weighted by atomic mass is 9.55. The molecule has 2 aromatic carbocycles. The Morgan fingerprint density at radius 1 is 1.13 bits per heavy atom. The second-order valence-corrected chi connectivity index (χ2v) is 9.94. The number of ketones is 1. The second-order valence-electron chi connectivity index (χ2n) is 9.50. The monoisotopic (exact) mass is 420 g/mol. The van der Waals surface area contributed by atoms with Crippen LogP contribution in [0.2, 0.25) is 5.02 Å². The molecule has 0 bridgehead atoms. The molecule has 1 aromatic heterocycles. The van der Waals surface area contributed by atoms with Crippen LogP contribution in [0.5, 0.6) is 0 Å². The Bertz CT molecular complexity index is 1150. The zero-order valence-corrected chi connectivity index (χ0v) is 17.8. The van der Waals surface area contributed by atoms with Gasteiger partial charge in [-0.3, -0.25) is 4.79 Å². The summed E-state index contributed by atoms with van der Waals surface area (Å²) >= 11 is 5.97. The van der Waals surface area contributed by atoms with Crippen LogP contribution in [0.4, 0.5) is 11.7 Å². The maximum Gasteiger partial charge on any atom is 0.300 e. The van der Waals surface area contributed by atoms with Gasteiger partial charge in [0.2, 0.25) is 0 Å². The van der Waals surface area contributed by atoms with Gasteiger partial charge < -0.3 is 9.73 Å². The fourth-order valence-electron chi connectivity index (χ4n) is 6.47. The Morgan fingerprint density at radius 3 is 2.80 bits per heavy atom. The molecule has 0 spiro atoms. The van der Waals surface area contributed by atoms with Gasteiger partial charge in [0.1, 0.15) is 11.3 Å². The average Bonchev–Trinajstić information content (AvgIpc) is 3.27. The smallest absolute Gasteiger partial charge is 0.300 e. The Labute approximate surface area is 181 Å². The van der Waals surface area contributed by atoms with Gasteiger partial charge in [0, 0.05) is 22.5 Å². The molecule has 6 rings (SSSR count).